The first kappa shape index (κ1) is 75.7. The zero-order chi connectivity index (χ0) is 74.2. The molecule has 12 aromatic rings. The summed E-state index contributed by atoms with van der Waals surface area (Å²) in [7, 11) is 0. The van der Waals surface area contributed by atoms with Crippen molar-refractivity contribution in [2.45, 2.75) is 52.1 Å². The first-order valence-electron chi connectivity index (χ1n) is 34.1. The maximum Gasteiger partial charge on any atom is 0.335 e. The van der Waals surface area contributed by atoms with E-state index in [1.165, 1.54) is 27.1 Å². The van der Waals surface area contributed by atoms with E-state index in [4.69, 9.17) is 30.4 Å². The molecule has 0 fully saturated rings. The molecule has 538 valence electrons. The van der Waals surface area contributed by atoms with Gasteiger partial charge >= 0.3 is 5.82 Å². The van der Waals surface area contributed by atoms with Gasteiger partial charge in [-0.3, -0.25) is 48.5 Å². The van der Waals surface area contributed by atoms with Crippen LogP contribution >= 0.6 is 63.7 Å². The van der Waals surface area contributed by atoms with E-state index in [1.54, 1.807) is 85.2 Å². The first-order chi connectivity index (χ1) is 51.5. The molecule has 0 unspecified atom stereocenters. The average Bonchev–Trinajstić information content (AvgIpc) is 1.41. The number of hydrogen-bond acceptors (Lipinski definition) is 16. The van der Waals surface area contributed by atoms with Crippen LogP contribution in [0.5, 0.6) is 0 Å². The van der Waals surface area contributed by atoms with Crippen LogP contribution in [0.15, 0.2) is 231 Å². The average molecular weight is 1680 g/mol. The highest BCUT2D eigenvalue weighted by Crippen LogP contribution is 2.32. The number of hydrogen-bond donors (Lipinski definition) is 2. The van der Waals surface area contributed by atoms with Crippen molar-refractivity contribution in [3.8, 4) is 5.82 Å². The Labute approximate surface area is 644 Å². The molecule has 0 atom stereocenters. The Morgan fingerprint density at radius 3 is 1.22 bits per heavy atom. The van der Waals surface area contributed by atoms with E-state index < -0.39 is 0 Å². The zero-order valence-electron chi connectivity index (χ0n) is 57.3. The van der Waals surface area contributed by atoms with Crippen LogP contribution in [0, 0.1) is 5.21 Å². The Morgan fingerprint density at radius 2 is 0.764 bits per heavy atom. The van der Waals surface area contributed by atoms with Gasteiger partial charge in [-0.05, 0) is 214 Å². The van der Waals surface area contributed by atoms with E-state index in [-0.39, 0.29) is 35.4 Å². The minimum absolute atomic E-state index is 0.219. The standard InChI is InChI=1S/C26H21BrN3O3.C21H17BrN2O4.C21H17BrN2O3.C13H16BrN3O/c27-23-16-28-24(29-11-4-1-5-12-29)19-10-9-18(15-22(19)23)17-33-14-6-13-30-25(31)20-7-2-3-8-21(20)26(30)32;22-19-12-23(27)11-15-7-6-14(10-18(15)19)13-28-9-3-8-24-20(25)16-4-1-2-5-17(16)21(24)26;22-19-12-23-11-15-7-6-14(10-18(15)19)13-27-9-3-8-24-20(25)16-4-1-2-5-17(16)21(24)26;14-12-7-17-13(16)10-3-2-9(6-11(10)12)8-18-5-1-4-15/h1-5,7-12,15-16H,6,13-14,17H2;1-2,4-7,10-12H,3,8-9,13H2;1-2,4-7,10-12H,3,8-9,13H2;2-3,6-7H,1,4-5,8,15H2,(H2,16,17)/q+1;;;. The van der Waals surface area contributed by atoms with E-state index in [0.29, 0.717) is 137 Å². The van der Waals surface area contributed by atoms with Crippen molar-refractivity contribution >= 4 is 148 Å². The highest BCUT2D eigenvalue weighted by molar-refractivity contribution is 9.11. The van der Waals surface area contributed by atoms with Crippen LogP contribution in [-0.4, -0.2) is 118 Å². The number of ether oxygens (including phenoxy) is 4. The largest absolute Gasteiger partial charge is 0.619 e. The lowest BCUT2D eigenvalue weighted by atomic mass is 10.1. The fraction of sp³-hybridized carbons (Fsp3) is 0.198. The number of aromatic nitrogens is 5. The van der Waals surface area contributed by atoms with Crippen LogP contribution in [0.3, 0.4) is 0 Å². The zero-order valence-corrected chi connectivity index (χ0v) is 63.6. The third-order valence-corrected chi connectivity index (χ3v) is 20.2. The van der Waals surface area contributed by atoms with Gasteiger partial charge in [-0.2, -0.15) is 4.73 Å². The quantitative estimate of drug-likeness (QED) is 0.0246. The minimum atomic E-state index is -0.240. The molecule has 106 heavy (non-hydrogen) atoms. The molecular formula is C81H71Br4N10O11+. The number of anilines is 1. The molecule has 21 nitrogen and oxygen atoms in total. The molecule has 0 saturated heterocycles. The van der Waals surface area contributed by atoms with Crippen molar-refractivity contribution in [1.29, 1.82) is 0 Å². The topological polar surface area (TPSA) is 271 Å². The van der Waals surface area contributed by atoms with Crippen molar-refractivity contribution < 1.29 is 57.0 Å². The summed E-state index contributed by atoms with van der Waals surface area (Å²) in [5, 5.41) is 19.5. The van der Waals surface area contributed by atoms with Crippen molar-refractivity contribution in [3.63, 3.8) is 0 Å². The summed E-state index contributed by atoms with van der Waals surface area (Å²) >= 11 is 14.0. The monoisotopic (exact) mass is 1680 g/mol. The number of pyridine rings is 5. The fourth-order valence-electron chi connectivity index (χ4n) is 12.3. The Bertz CT molecular complexity index is 5190. The molecule has 7 aromatic carbocycles. The Morgan fingerprint density at radius 1 is 0.387 bits per heavy atom. The first-order valence-corrected chi connectivity index (χ1v) is 37.3. The number of nitrogen functional groups attached to an aromatic ring is 1. The van der Waals surface area contributed by atoms with E-state index in [1.807, 2.05) is 96.1 Å². The van der Waals surface area contributed by atoms with Gasteiger partial charge < -0.3 is 35.6 Å². The van der Waals surface area contributed by atoms with E-state index in [9.17, 15) is 34.0 Å². The number of nitrogens with two attached hydrogens (primary N) is 2. The molecule has 4 N–H and O–H groups in total. The molecule has 25 heteroatoms. The highest BCUT2D eigenvalue weighted by atomic mass is 79.9. The van der Waals surface area contributed by atoms with Crippen molar-refractivity contribution in [1.82, 2.24) is 29.7 Å². The van der Waals surface area contributed by atoms with Crippen LogP contribution in [0.25, 0.3) is 48.9 Å². The Balaban J connectivity index is 0.000000135. The third-order valence-electron chi connectivity index (χ3n) is 17.6. The van der Waals surface area contributed by atoms with E-state index in [0.717, 1.165) is 100 Å². The van der Waals surface area contributed by atoms with Crippen LogP contribution in [0.4, 0.5) is 5.82 Å². The number of benzene rings is 7. The second-order valence-corrected chi connectivity index (χ2v) is 28.3. The van der Waals surface area contributed by atoms with Gasteiger partial charge in [-0.25, -0.2) is 9.55 Å². The minimum Gasteiger partial charge on any atom is -0.619 e. The summed E-state index contributed by atoms with van der Waals surface area (Å²) in [6.45, 7) is 5.67. The summed E-state index contributed by atoms with van der Waals surface area (Å²) in [6, 6.07) is 50.8. The number of rotatable bonds is 24. The lowest BCUT2D eigenvalue weighted by Gasteiger charge is -2.13. The van der Waals surface area contributed by atoms with Crippen LogP contribution in [-0.2, 0) is 45.4 Å². The molecule has 3 aliphatic rings. The van der Waals surface area contributed by atoms with Gasteiger partial charge in [-0.15, -0.1) is 0 Å². The van der Waals surface area contributed by atoms with Crippen LogP contribution in [0.1, 0.15) is 110 Å². The van der Waals surface area contributed by atoms with Gasteiger partial charge in [0.1, 0.15) is 5.82 Å². The lowest BCUT2D eigenvalue weighted by Crippen LogP contribution is -2.31. The summed E-state index contributed by atoms with van der Waals surface area (Å²) in [5.41, 5.74) is 18.3. The number of halogens is 4. The van der Waals surface area contributed by atoms with Crippen LogP contribution < -0.4 is 20.8 Å². The smallest absolute Gasteiger partial charge is 0.335 e. The maximum absolute atomic E-state index is 12.4. The van der Waals surface area contributed by atoms with E-state index >= 15 is 0 Å². The summed E-state index contributed by atoms with van der Waals surface area (Å²) in [6.07, 6.45) is 16.7. The molecular weight excluding hydrogens is 1610 g/mol. The number of carbonyl (C=O) groups excluding carboxylic acids is 6. The number of fused-ring (bicyclic) bond motifs is 7. The fourth-order valence-corrected chi connectivity index (χ4v) is 14.2. The Hall–Kier alpha value is -9.93. The van der Waals surface area contributed by atoms with Gasteiger partial charge in [0.2, 0.25) is 0 Å². The van der Waals surface area contributed by atoms with Crippen molar-refractivity contribution in [2.24, 2.45) is 5.73 Å². The van der Waals surface area contributed by atoms with Gasteiger partial charge in [0.05, 0.1) is 86.5 Å². The molecule has 0 bridgehead atoms. The third kappa shape index (κ3) is 17.9. The molecule has 3 aliphatic heterocycles. The van der Waals surface area contributed by atoms with Crippen molar-refractivity contribution in [2.75, 3.05) is 58.3 Å². The van der Waals surface area contributed by atoms with Gasteiger partial charge in [0.15, 0.2) is 18.6 Å². The SMILES string of the molecule is NCCCOCc1ccc2c(N)ncc(Br)c2c1.O=C1c2ccccc2C(=O)N1CCCOCc1ccc2c(-[n+]3ccccc3)ncc(Br)c2c1.O=C1c2ccccc2C(=O)N1CCCOCc1ccc2c[n+]([O-])cc(Br)c2c1.O=C1c2ccccc2C(=O)N1CCCOCc1ccc2cncc(Br)c2c1. The van der Waals surface area contributed by atoms with E-state index in [2.05, 4.69) is 103 Å². The van der Waals surface area contributed by atoms with Gasteiger partial charge in [-0.1, -0.05) is 78.9 Å². The number of nitrogens with zero attached hydrogens (tertiary/aromatic N) is 8. The van der Waals surface area contributed by atoms with Gasteiger partial charge in [0, 0.05) is 106 Å². The van der Waals surface area contributed by atoms with Crippen molar-refractivity contribution in [3.05, 3.63) is 292 Å². The summed E-state index contributed by atoms with van der Waals surface area (Å²) in [4.78, 5) is 90.8. The highest BCUT2D eigenvalue weighted by Gasteiger charge is 2.37. The number of amides is 6. The molecule has 8 heterocycles. The molecule has 0 saturated carbocycles. The number of imide groups is 3. The molecule has 5 aromatic heterocycles. The molecule has 0 spiro atoms. The predicted octanol–water partition coefficient (Wildman–Crippen LogP) is 14.6. The van der Waals surface area contributed by atoms with Gasteiger partial charge in [0.25, 0.3) is 35.4 Å². The maximum atomic E-state index is 12.4. The normalized spacial score (nSPS) is 12.9. The van der Waals surface area contributed by atoms with Crippen LogP contribution in [0.2, 0.25) is 0 Å². The number of carbonyl (C=O) groups is 6. The molecule has 0 aliphatic carbocycles. The second-order valence-electron chi connectivity index (χ2n) is 24.9. The molecule has 15 rings (SSSR count). The Kier molecular flexibility index (Phi) is 25.7. The molecule has 0 radical (unpaired) electrons. The lowest BCUT2D eigenvalue weighted by molar-refractivity contribution is -0.604. The second kappa shape index (κ2) is 35.9. The molecule has 6 amide bonds. The predicted molar refractivity (Wildman–Crippen MR) is 416 cm³/mol. The summed E-state index contributed by atoms with van der Waals surface area (Å²) in [5.74, 6) is 0.0377. The summed E-state index contributed by atoms with van der Waals surface area (Å²) < 4.78 is 29.1.